The van der Waals surface area contributed by atoms with E-state index in [1.165, 1.54) is 49.6 Å². The van der Waals surface area contributed by atoms with E-state index in [-0.39, 0.29) is 43.3 Å². The molecule has 318 valence electrons. The normalized spacial score (nSPS) is 31.2. The highest BCUT2D eigenvalue weighted by molar-refractivity contribution is 6.01. The van der Waals surface area contributed by atoms with Crippen LogP contribution in [0, 0.1) is 28.6 Å². The number of benzene rings is 1. The van der Waals surface area contributed by atoms with E-state index in [0.29, 0.717) is 56.1 Å². The smallest absolute Gasteiger partial charge is 0.493 e. The van der Waals surface area contributed by atoms with Crippen LogP contribution in [0.2, 0.25) is 0 Å². The highest BCUT2D eigenvalue weighted by Gasteiger charge is 2.77. The molecule has 1 aromatic rings. The third-order valence-electron chi connectivity index (χ3n) is 12.7. The summed E-state index contributed by atoms with van der Waals surface area (Å²) in [5.74, 6) is -4.05. The highest BCUT2D eigenvalue weighted by atomic mass is 19.1. The Hall–Kier alpha value is -4.48. The van der Waals surface area contributed by atoms with Crippen molar-refractivity contribution < 1.29 is 72.4 Å². The van der Waals surface area contributed by atoms with Crippen molar-refractivity contribution in [2.75, 3.05) is 26.9 Å². The predicted octanol–water partition coefficient (Wildman–Crippen LogP) is 6.22. The van der Waals surface area contributed by atoms with Crippen LogP contribution >= 0.6 is 0 Å². The van der Waals surface area contributed by atoms with E-state index in [1.807, 2.05) is 6.92 Å². The number of carbonyl (C=O) groups is 5. The average molecular weight is 816 g/mol. The number of ether oxygens (including phenoxy) is 5. The number of methoxy groups -OCH3 is 1. The van der Waals surface area contributed by atoms with Crippen LogP contribution in [0.25, 0.3) is 6.08 Å². The lowest BCUT2D eigenvalue weighted by Crippen LogP contribution is -2.70. The van der Waals surface area contributed by atoms with Crippen molar-refractivity contribution in [1.82, 2.24) is 5.39 Å². The topological polar surface area (TPSA) is 205 Å². The van der Waals surface area contributed by atoms with Gasteiger partial charge in [0.1, 0.15) is 0 Å². The van der Waals surface area contributed by atoms with E-state index in [0.717, 1.165) is 0 Å². The summed E-state index contributed by atoms with van der Waals surface area (Å²) in [7, 11) is 1.34. The minimum absolute atomic E-state index is 0.0172. The van der Waals surface area contributed by atoms with Gasteiger partial charge in [-0.05, 0) is 93.7 Å². The molecule has 15 nitrogen and oxygen atoms in total. The van der Waals surface area contributed by atoms with Crippen LogP contribution < -0.4 is 9.47 Å². The fourth-order valence-corrected chi connectivity index (χ4v) is 9.91. The van der Waals surface area contributed by atoms with E-state index in [2.05, 4.69) is 4.84 Å². The maximum absolute atomic E-state index is 17.8. The Kier molecular flexibility index (Phi) is 14.0. The number of allylic oxidation sites excluding steroid dienone is 4. The summed E-state index contributed by atoms with van der Waals surface area (Å²) in [6.45, 7) is 6.37. The van der Waals surface area contributed by atoms with Crippen LogP contribution in [0.4, 0.5) is 9.18 Å². The van der Waals surface area contributed by atoms with Crippen molar-refractivity contribution in [3.05, 3.63) is 53.6 Å². The zero-order valence-electron chi connectivity index (χ0n) is 33.6. The van der Waals surface area contributed by atoms with Gasteiger partial charge in [0.2, 0.25) is 5.78 Å². The Morgan fingerprint density at radius 2 is 1.78 bits per heavy atom. The maximum atomic E-state index is 17.8. The molecule has 5 rings (SSSR count). The lowest BCUT2D eigenvalue weighted by Gasteiger charge is -2.62. The van der Waals surface area contributed by atoms with E-state index in [1.54, 1.807) is 26.8 Å². The number of Topliss-reactive ketones (excluding diaryl/α,β-unsaturated/α-hetero) is 1. The quantitative estimate of drug-likeness (QED) is 0.0399. The van der Waals surface area contributed by atoms with Crippen molar-refractivity contribution in [1.29, 1.82) is 0 Å². The number of aliphatic hydroxyl groups excluding tert-OH is 1. The molecular formula is C42H54FNO14. The van der Waals surface area contributed by atoms with Gasteiger partial charge >= 0.3 is 18.1 Å². The zero-order chi connectivity index (χ0) is 42.5. The van der Waals surface area contributed by atoms with Crippen molar-refractivity contribution in [3.63, 3.8) is 0 Å². The second kappa shape index (κ2) is 18.2. The van der Waals surface area contributed by atoms with E-state index < -0.39 is 81.8 Å². The number of unbranched alkanes of at least 4 members (excludes halogenated alkanes) is 2. The number of hydrogen-bond donors (Lipinski definition) is 3. The molecule has 58 heavy (non-hydrogen) atoms. The largest absolute Gasteiger partial charge is 0.514 e. The standard InChI is InChI=1S/C42H54FNO14/c1-6-7-10-37(49)58-42(26(2)21-31-30-14-13-28-23-29(45)17-18-39(28,3)41(30,43)34(46)24-40(31,42)4)35(47)25-55-38(50)57-32-15-11-27(22-33(32)53-5)12-16-36(48)54-19-8-9-20-56-44(51)52/h11-12,15-18,22-23,26,30-31,34,46,51-52H,6-10,13-14,19-21,24-25H2,1-5H3/b16-12+/t26-,30?,31-,34-,39-,40-,41-,42-/m0/s1. The lowest BCUT2D eigenvalue weighted by atomic mass is 9.44. The van der Waals surface area contributed by atoms with E-state index >= 15 is 4.39 Å². The van der Waals surface area contributed by atoms with Gasteiger partial charge in [-0.3, -0.25) is 29.6 Å². The van der Waals surface area contributed by atoms with Crippen LogP contribution in [-0.4, -0.2) is 94.9 Å². The van der Waals surface area contributed by atoms with Gasteiger partial charge in [-0.1, -0.05) is 44.9 Å². The number of hydrogen-bond acceptors (Lipinski definition) is 15. The number of alkyl halides is 1. The number of halogens is 1. The molecule has 8 atom stereocenters. The van der Waals surface area contributed by atoms with Gasteiger partial charge in [-0.15, -0.1) is 0 Å². The van der Waals surface area contributed by atoms with Gasteiger partial charge in [0.15, 0.2) is 35.2 Å². The fourth-order valence-electron chi connectivity index (χ4n) is 9.91. The molecule has 3 fully saturated rings. The summed E-state index contributed by atoms with van der Waals surface area (Å²) >= 11 is 0. The van der Waals surface area contributed by atoms with Gasteiger partial charge in [0, 0.05) is 35.2 Å². The number of ketones is 2. The molecule has 1 unspecified atom stereocenters. The van der Waals surface area contributed by atoms with Crippen molar-refractivity contribution in [2.45, 2.75) is 103 Å². The summed E-state index contributed by atoms with van der Waals surface area (Å²) in [6.07, 6.45) is 7.01. The molecule has 0 bridgehead atoms. The number of rotatable bonds is 17. The van der Waals surface area contributed by atoms with Crippen LogP contribution in [-0.2, 0) is 38.2 Å². The number of aliphatic hydroxyl groups is 1. The Bertz CT molecular complexity index is 1830. The van der Waals surface area contributed by atoms with Crippen LogP contribution in [0.15, 0.2) is 48.1 Å². The highest BCUT2D eigenvalue weighted by Crippen LogP contribution is 2.71. The minimum atomic E-state index is -2.17. The number of fused-ring (bicyclic) bond motifs is 5. The Morgan fingerprint density at radius 3 is 2.48 bits per heavy atom. The van der Waals surface area contributed by atoms with Crippen LogP contribution in [0.3, 0.4) is 0 Å². The summed E-state index contributed by atoms with van der Waals surface area (Å²) in [4.78, 5) is 69.9. The first-order valence-electron chi connectivity index (χ1n) is 19.7. The summed E-state index contributed by atoms with van der Waals surface area (Å²) in [6, 6.07) is 4.42. The molecule has 16 heteroatoms. The molecule has 0 aliphatic heterocycles. The van der Waals surface area contributed by atoms with Crippen molar-refractivity contribution >= 4 is 35.7 Å². The van der Waals surface area contributed by atoms with Crippen LogP contribution in [0.1, 0.15) is 91.0 Å². The van der Waals surface area contributed by atoms with Crippen LogP contribution in [0.5, 0.6) is 11.5 Å². The first-order valence-corrected chi connectivity index (χ1v) is 19.7. The molecular weight excluding hydrogens is 761 g/mol. The van der Waals surface area contributed by atoms with E-state index in [9.17, 15) is 29.1 Å². The average Bonchev–Trinajstić information content (AvgIpc) is 3.39. The van der Waals surface area contributed by atoms with Crippen molar-refractivity contribution in [3.8, 4) is 11.5 Å². The minimum Gasteiger partial charge on any atom is -0.493 e. The molecule has 0 saturated heterocycles. The summed E-state index contributed by atoms with van der Waals surface area (Å²) in [5, 5.41) is 28.5. The Labute approximate surface area is 336 Å². The Morgan fingerprint density at radius 1 is 1.03 bits per heavy atom. The molecule has 4 aliphatic rings. The zero-order valence-corrected chi connectivity index (χ0v) is 33.6. The van der Waals surface area contributed by atoms with Crippen molar-refractivity contribution in [2.24, 2.45) is 28.6 Å². The summed E-state index contributed by atoms with van der Waals surface area (Å²) in [5.41, 5.74) is -5.43. The van der Waals surface area contributed by atoms with Gasteiger partial charge in [0.25, 0.3) is 0 Å². The van der Waals surface area contributed by atoms with Gasteiger partial charge < -0.3 is 28.8 Å². The second-order valence-corrected chi connectivity index (χ2v) is 16.0. The third-order valence-corrected chi connectivity index (χ3v) is 12.7. The Balaban J connectivity index is 1.30. The molecule has 0 amide bonds. The van der Waals surface area contributed by atoms with Gasteiger partial charge in [0.05, 0.1) is 31.8 Å². The molecule has 4 aliphatic carbocycles. The van der Waals surface area contributed by atoms with E-state index in [4.69, 9.17) is 34.1 Å². The van der Waals surface area contributed by atoms with Gasteiger partial charge in [-0.2, -0.15) is 0 Å². The molecule has 0 aromatic heterocycles. The molecule has 1 aromatic carbocycles. The maximum Gasteiger partial charge on any atom is 0.514 e. The first kappa shape index (κ1) is 44.6. The summed E-state index contributed by atoms with van der Waals surface area (Å²) < 4.78 is 45.3. The van der Waals surface area contributed by atoms with Gasteiger partial charge in [-0.25, -0.2) is 14.0 Å². The number of esters is 2. The second-order valence-electron chi connectivity index (χ2n) is 16.0. The lowest BCUT2D eigenvalue weighted by molar-refractivity contribution is -0.492. The monoisotopic (exact) mass is 815 g/mol. The first-order chi connectivity index (χ1) is 27.5. The molecule has 0 heterocycles. The number of nitrogens with zero attached hydrogens (tertiary/aromatic N) is 1. The molecule has 0 radical (unpaired) electrons. The molecule has 3 saturated carbocycles. The molecule has 3 N–H and O–H groups in total. The number of carbonyl (C=O) groups excluding carboxylic acids is 5. The third kappa shape index (κ3) is 8.48. The fraction of sp³-hybridized carbons (Fsp3) is 0.595. The predicted molar refractivity (Wildman–Crippen MR) is 202 cm³/mol. The SMILES string of the molecule is CCCCC(=O)O[C@]1(C(=O)COC(=O)Oc2ccc(/C=C/C(=O)OCCCCON(O)O)cc2OC)[C@@H](C)C[C@H]2C3CCC4=CC(=O)C=C[C@]4(C)[C@@]3(F)[C@@H](O)C[C@@]21C. The molecule has 0 spiro atoms.